The molecule has 0 bridgehead atoms. The molecule has 0 aliphatic heterocycles. The van der Waals surface area contributed by atoms with Gasteiger partial charge in [-0.3, -0.25) is 4.79 Å². The van der Waals surface area contributed by atoms with E-state index < -0.39 is 0 Å². The fraction of sp³-hybridized carbons (Fsp3) is 0.0526. The van der Waals surface area contributed by atoms with Crippen molar-refractivity contribution in [1.29, 1.82) is 0 Å². The van der Waals surface area contributed by atoms with E-state index in [9.17, 15) is 4.79 Å². The first-order valence-corrected chi connectivity index (χ1v) is 7.65. The Labute approximate surface area is 139 Å². The number of hydrogen-bond donors (Lipinski definition) is 1. The predicted octanol–water partition coefficient (Wildman–Crippen LogP) is 4.19. The van der Waals surface area contributed by atoms with Gasteiger partial charge in [0.2, 0.25) is 5.91 Å². The van der Waals surface area contributed by atoms with Crippen LogP contribution in [0.3, 0.4) is 0 Å². The normalized spacial score (nSPS) is 11.0. The molecule has 3 nitrogen and oxygen atoms in total. The Bertz CT molecular complexity index is 869. The number of benzene rings is 3. The van der Waals surface area contributed by atoms with Gasteiger partial charge in [0.25, 0.3) is 0 Å². The Kier molecular flexibility index (Phi) is 4.69. The van der Waals surface area contributed by atoms with Crippen LogP contribution in [-0.4, -0.2) is 12.1 Å². The number of amides is 1. The van der Waals surface area contributed by atoms with E-state index in [0.717, 1.165) is 21.9 Å². The Morgan fingerprint density at radius 1 is 1.00 bits per heavy atom. The highest BCUT2D eigenvalue weighted by Gasteiger charge is 2.06. The van der Waals surface area contributed by atoms with Crippen molar-refractivity contribution in [2.24, 2.45) is 5.10 Å². The molecule has 3 aromatic carbocycles. The highest BCUT2D eigenvalue weighted by atomic mass is 35.5. The monoisotopic (exact) mass is 322 g/mol. The van der Waals surface area contributed by atoms with Crippen LogP contribution in [0.4, 0.5) is 0 Å². The molecule has 3 rings (SSSR count). The summed E-state index contributed by atoms with van der Waals surface area (Å²) in [5.74, 6) is -0.162. The Morgan fingerprint density at radius 2 is 1.74 bits per heavy atom. The van der Waals surface area contributed by atoms with Crippen LogP contribution < -0.4 is 5.43 Å². The van der Waals surface area contributed by atoms with E-state index in [-0.39, 0.29) is 12.3 Å². The smallest absolute Gasteiger partial charge is 0.244 e. The van der Waals surface area contributed by atoms with Crippen LogP contribution in [0.25, 0.3) is 10.8 Å². The summed E-state index contributed by atoms with van der Waals surface area (Å²) >= 11 is 6.03. The lowest BCUT2D eigenvalue weighted by atomic mass is 10.0. The quantitative estimate of drug-likeness (QED) is 0.568. The summed E-state index contributed by atoms with van der Waals surface area (Å²) in [6, 6.07) is 21.3. The average Bonchev–Trinajstić information content (AvgIpc) is 2.57. The zero-order valence-corrected chi connectivity index (χ0v) is 13.1. The summed E-state index contributed by atoms with van der Waals surface area (Å²) in [5.41, 5.74) is 4.29. The maximum absolute atomic E-state index is 12.1. The first-order valence-electron chi connectivity index (χ1n) is 7.27. The van der Waals surface area contributed by atoms with E-state index in [1.54, 1.807) is 12.3 Å². The van der Waals surface area contributed by atoms with Crippen LogP contribution >= 0.6 is 11.6 Å². The second-order valence-corrected chi connectivity index (χ2v) is 5.54. The average molecular weight is 323 g/mol. The molecule has 0 spiro atoms. The first kappa shape index (κ1) is 15.3. The van der Waals surface area contributed by atoms with E-state index in [2.05, 4.69) is 10.5 Å². The standard InChI is InChI=1S/C19H15ClN2O/c20-18-11-4-2-7-16(18)13-21-22-19(23)12-15-9-5-8-14-6-1-3-10-17(14)15/h1-11,13H,12H2,(H,22,23)/b21-13-. The van der Waals surface area contributed by atoms with Gasteiger partial charge in [-0.2, -0.15) is 5.10 Å². The number of rotatable bonds is 4. The predicted molar refractivity (Wildman–Crippen MR) is 94.8 cm³/mol. The van der Waals surface area contributed by atoms with Gasteiger partial charge in [0.15, 0.2) is 0 Å². The molecule has 1 amide bonds. The van der Waals surface area contributed by atoms with E-state index in [4.69, 9.17) is 11.6 Å². The molecule has 0 unspecified atom stereocenters. The molecule has 0 fully saturated rings. The third kappa shape index (κ3) is 3.76. The molecule has 1 N–H and O–H groups in total. The largest absolute Gasteiger partial charge is 0.273 e. The van der Waals surface area contributed by atoms with Gasteiger partial charge < -0.3 is 0 Å². The maximum atomic E-state index is 12.1. The van der Waals surface area contributed by atoms with Crippen LogP contribution in [0.5, 0.6) is 0 Å². The molecule has 0 saturated heterocycles. The number of nitrogens with one attached hydrogen (secondary N) is 1. The van der Waals surface area contributed by atoms with Gasteiger partial charge in [-0.05, 0) is 22.4 Å². The van der Waals surface area contributed by atoms with Gasteiger partial charge in [-0.25, -0.2) is 5.43 Å². The van der Waals surface area contributed by atoms with Crippen LogP contribution in [0.1, 0.15) is 11.1 Å². The molecule has 0 aliphatic carbocycles. The van der Waals surface area contributed by atoms with Crippen molar-refractivity contribution in [1.82, 2.24) is 5.43 Å². The van der Waals surface area contributed by atoms with Gasteiger partial charge in [0, 0.05) is 10.6 Å². The summed E-state index contributed by atoms with van der Waals surface area (Å²) in [5, 5.41) is 6.77. The third-order valence-electron chi connectivity index (χ3n) is 3.53. The second kappa shape index (κ2) is 7.07. The van der Waals surface area contributed by atoms with Crippen LogP contribution in [0.2, 0.25) is 5.02 Å². The van der Waals surface area contributed by atoms with Crippen LogP contribution in [0, 0.1) is 0 Å². The molecule has 4 heteroatoms. The number of carbonyl (C=O) groups is 1. The maximum Gasteiger partial charge on any atom is 0.244 e. The third-order valence-corrected chi connectivity index (χ3v) is 3.87. The molecule has 23 heavy (non-hydrogen) atoms. The summed E-state index contributed by atoms with van der Waals surface area (Å²) in [4.78, 5) is 12.1. The van der Waals surface area contributed by atoms with Gasteiger partial charge in [0.05, 0.1) is 12.6 Å². The summed E-state index contributed by atoms with van der Waals surface area (Å²) < 4.78 is 0. The van der Waals surface area contributed by atoms with Gasteiger partial charge in [0.1, 0.15) is 0 Å². The number of halogens is 1. The summed E-state index contributed by atoms with van der Waals surface area (Å²) in [6.45, 7) is 0. The first-order chi connectivity index (χ1) is 11.2. The van der Waals surface area contributed by atoms with Crippen molar-refractivity contribution in [3.8, 4) is 0 Å². The molecular formula is C19H15ClN2O. The van der Waals surface area contributed by atoms with Crippen molar-refractivity contribution < 1.29 is 4.79 Å². The molecule has 0 heterocycles. The molecule has 0 aromatic heterocycles. The van der Waals surface area contributed by atoms with Gasteiger partial charge in [-0.15, -0.1) is 0 Å². The van der Waals surface area contributed by atoms with E-state index >= 15 is 0 Å². The van der Waals surface area contributed by atoms with E-state index in [0.29, 0.717) is 5.02 Å². The van der Waals surface area contributed by atoms with Crippen molar-refractivity contribution in [2.45, 2.75) is 6.42 Å². The molecule has 3 aromatic rings. The lowest BCUT2D eigenvalue weighted by molar-refractivity contribution is -0.120. The highest BCUT2D eigenvalue weighted by molar-refractivity contribution is 6.33. The van der Waals surface area contributed by atoms with E-state index in [1.807, 2.05) is 60.7 Å². The molecule has 0 aliphatic rings. The Hall–Kier alpha value is -2.65. The van der Waals surface area contributed by atoms with Crippen molar-refractivity contribution in [3.63, 3.8) is 0 Å². The minimum atomic E-state index is -0.162. The SMILES string of the molecule is O=C(Cc1cccc2ccccc12)N/N=C\c1ccccc1Cl. The van der Waals surface area contributed by atoms with Crippen LogP contribution in [0.15, 0.2) is 71.8 Å². The lowest BCUT2D eigenvalue weighted by Crippen LogP contribution is -2.19. The zero-order valence-electron chi connectivity index (χ0n) is 12.4. The minimum absolute atomic E-state index is 0.162. The highest BCUT2D eigenvalue weighted by Crippen LogP contribution is 2.18. The van der Waals surface area contributed by atoms with Gasteiger partial charge >= 0.3 is 0 Å². The molecule has 114 valence electrons. The fourth-order valence-corrected chi connectivity index (χ4v) is 2.60. The Balaban J connectivity index is 1.69. The minimum Gasteiger partial charge on any atom is -0.273 e. The van der Waals surface area contributed by atoms with Crippen molar-refractivity contribution in [2.75, 3.05) is 0 Å². The number of fused-ring (bicyclic) bond motifs is 1. The number of hydrazone groups is 1. The van der Waals surface area contributed by atoms with E-state index in [1.165, 1.54) is 0 Å². The number of hydrogen-bond acceptors (Lipinski definition) is 2. The zero-order chi connectivity index (χ0) is 16.1. The Morgan fingerprint density at radius 3 is 2.61 bits per heavy atom. The number of carbonyl (C=O) groups excluding carboxylic acids is 1. The second-order valence-electron chi connectivity index (χ2n) is 5.13. The summed E-state index contributed by atoms with van der Waals surface area (Å²) in [7, 11) is 0. The van der Waals surface area contributed by atoms with Crippen molar-refractivity contribution in [3.05, 3.63) is 82.9 Å². The summed E-state index contributed by atoms with van der Waals surface area (Å²) in [6.07, 6.45) is 1.82. The van der Waals surface area contributed by atoms with Crippen molar-refractivity contribution >= 4 is 34.5 Å². The lowest BCUT2D eigenvalue weighted by Gasteiger charge is -2.05. The fourth-order valence-electron chi connectivity index (χ4n) is 2.41. The van der Waals surface area contributed by atoms with Gasteiger partial charge in [-0.1, -0.05) is 72.3 Å². The number of nitrogens with zero attached hydrogens (tertiary/aromatic N) is 1. The van der Waals surface area contributed by atoms with Crippen LogP contribution in [-0.2, 0) is 11.2 Å². The molecule has 0 saturated carbocycles. The molecular weight excluding hydrogens is 308 g/mol. The molecule has 0 radical (unpaired) electrons. The molecule has 0 atom stereocenters. The topological polar surface area (TPSA) is 41.5 Å².